The summed E-state index contributed by atoms with van der Waals surface area (Å²) in [6.45, 7) is 3.12. The summed E-state index contributed by atoms with van der Waals surface area (Å²) >= 11 is 0. The standard InChI is InChI=1S/C11H18N4/c1-3-10-13-9(12)6-11(14-10)15(2)7-8-4-5-8/h6,8H,3-5,7H2,1-2H3,(H2,12,13,14). The van der Waals surface area contributed by atoms with E-state index in [0.717, 1.165) is 30.5 Å². The number of aromatic nitrogens is 2. The first-order valence-corrected chi connectivity index (χ1v) is 5.53. The van der Waals surface area contributed by atoms with Gasteiger partial charge in [-0.05, 0) is 18.8 Å². The molecule has 2 rings (SSSR count). The summed E-state index contributed by atoms with van der Waals surface area (Å²) in [6, 6.07) is 1.85. The highest BCUT2D eigenvalue weighted by Crippen LogP contribution is 2.30. The highest BCUT2D eigenvalue weighted by molar-refractivity contribution is 5.46. The SMILES string of the molecule is CCc1nc(N)cc(N(C)CC2CC2)n1. The monoisotopic (exact) mass is 206 g/mol. The fourth-order valence-corrected chi connectivity index (χ4v) is 1.64. The van der Waals surface area contributed by atoms with Crippen LogP contribution in [0.25, 0.3) is 0 Å². The van der Waals surface area contributed by atoms with Crippen molar-refractivity contribution in [3.63, 3.8) is 0 Å². The van der Waals surface area contributed by atoms with E-state index in [0.29, 0.717) is 5.82 Å². The molecule has 1 heterocycles. The lowest BCUT2D eigenvalue weighted by molar-refractivity contribution is 0.769. The van der Waals surface area contributed by atoms with Crippen LogP contribution in [0, 0.1) is 5.92 Å². The second-order valence-electron chi connectivity index (χ2n) is 4.24. The minimum absolute atomic E-state index is 0.569. The predicted octanol–water partition coefficient (Wildman–Crippen LogP) is 1.47. The van der Waals surface area contributed by atoms with Gasteiger partial charge in [0.25, 0.3) is 0 Å². The van der Waals surface area contributed by atoms with Crippen LogP contribution in [-0.2, 0) is 6.42 Å². The van der Waals surface area contributed by atoms with Crippen molar-refractivity contribution in [3.05, 3.63) is 11.9 Å². The minimum atomic E-state index is 0.569. The molecule has 82 valence electrons. The Labute approximate surface area is 90.5 Å². The minimum Gasteiger partial charge on any atom is -0.384 e. The second kappa shape index (κ2) is 4.04. The molecule has 0 aliphatic heterocycles. The van der Waals surface area contributed by atoms with Crippen molar-refractivity contribution in [2.75, 3.05) is 24.2 Å². The normalized spacial score (nSPS) is 15.3. The summed E-state index contributed by atoms with van der Waals surface area (Å²) in [7, 11) is 2.07. The molecule has 0 amide bonds. The van der Waals surface area contributed by atoms with Crippen LogP contribution < -0.4 is 10.6 Å². The van der Waals surface area contributed by atoms with Gasteiger partial charge in [0.05, 0.1) is 0 Å². The predicted molar refractivity (Wildman–Crippen MR) is 61.8 cm³/mol. The third kappa shape index (κ3) is 2.58. The van der Waals surface area contributed by atoms with Gasteiger partial charge in [0.15, 0.2) is 0 Å². The van der Waals surface area contributed by atoms with Crippen LogP contribution in [0.5, 0.6) is 0 Å². The second-order valence-corrected chi connectivity index (χ2v) is 4.24. The molecule has 4 nitrogen and oxygen atoms in total. The molecule has 0 unspecified atom stereocenters. The van der Waals surface area contributed by atoms with Gasteiger partial charge in [-0.3, -0.25) is 0 Å². The first-order valence-electron chi connectivity index (χ1n) is 5.53. The maximum Gasteiger partial charge on any atom is 0.134 e. The smallest absolute Gasteiger partial charge is 0.134 e. The largest absolute Gasteiger partial charge is 0.384 e. The van der Waals surface area contributed by atoms with Crippen molar-refractivity contribution in [1.82, 2.24) is 9.97 Å². The Morgan fingerprint density at radius 3 is 2.80 bits per heavy atom. The quantitative estimate of drug-likeness (QED) is 0.810. The molecule has 4 heteroatoms. The number of hydrogen-bond donors (Lipinski definition) is 1. The molecular weight excluding hydrogens is 188 g/mol. The molecule has 1 saturated carbocycles. The first-order chi connectivity index (χ1) is 7.19. The Hall–Kier alpha value is -1.32. The van der Waals surface area contributed by atoms with Gasteiger partial charge >= 0.3 is 0 Å². The van der Waals surface area contributed by atoms with Crippen LogP contribution in [-0.4, -0.2) is 23.6 Å². The number of nitrogen functional groups attached to an aromatic ring is 1. The van der Waals surface area contributed by atoms with Gasteiger partial charge in [-0.25, -0.2) is 9.97 Å². The molecule has 15 heavy (non-hydrogen) atoms. The Balaban J connectivity index is 2.13. The molecule has 1 fully saturated rings. The van der Waals surface area contributed by atoms with Crippen LogP contribution >= 0.6 is 0 Å². The van der Waals surface area contributed by atoms with Crippen LogP contribution in [0.2, 0.25) is 0 Å². The summed E-state index contributed by atoms with van der Waals surface area (Å²) in [4.78, 5) is 10.8. The Kier molecular flexibility index (Phi) is 2.75. The van der Waals surface area contributed by atoms with E-state index in [1.54, 1.807) is 0 Å². The van der Waals surface area contributed by atoms with Gasteiger partial charge in [-0.1, -0.05) is 6.92 Å². The molecule has 2 N–H and O–H groups in total. The zero-order chi connectivity index (χ0) is 10.8. The maximum atomic E-state index is 5.74. The summed E-state index contributed by atoms with van der Waals surface area (Å²) in [5.74, 6) is 3.20. The molecule has 1 aromatic heterocycles. The molecule has 0 aromatic carbocycles. The zero-order valence-corrected chi connectivity index (χ0v) is 9.40. The Morgan fingerprint density at radius 2 is 2.20 bits per heavy atom. The average Bonchev–Trinajstić information content (AvgIpc) is 3.00. The van der Waals surface area contributed by atoms with Crippen molar-refractivity contribution in [2.24, 2.45) is 5.92 Å². The number of nitrogens with zero attached hydrogens (tertiary/aromatic N) is 3. The van der Waals surface area contributed by atoms with E-state index >= 15 is 0 Å². The number of rotatable bonds is 4. The fraction of sp³-hybridized carbons (Fsp3) is 0.636. The van der Waals surface area contributed by atoms with Gasteiger partial charge in [-0.15, -0.1) is 0 Å². The van der Waals surface area contributed by atoms with Crippen LogP contribution in [0.4, 0.5) is 11.6 Å². The molecule has 1 aromatic rings. The number of hydrogen-bond acceptors (Lipinski definition) is 4. The highest BCUT2D eigenvalue weighted by atomic mass is 15.2. The van der Waals surface area contributed by atoms with Crippen LogP contribution in [0.3, 0.4) is 0 Å². The van der Waals surface area contributed by atoms with E-state index in [4.69, 9.17) is 5.73 Å². The number of nitrogens with two attached hydrogens (primary N) is 1. The topological polar surface area (TPSA) is 55.0 Å². The van der Waals surface area contributed by atoms with Crippen molar-refractivity contribution in [2.45, 2.75) is 26.2 Å². The van der Waals surface area contributed by atoms with Crippen molar-refractivity contribution in [3.8, 4) is 0 Å². The zero-order valence-electron chi connectivity index (χ0n) is 9.40. The molecular formula is C11H18N4. The van der Waals surface area contributed by atoms with Crippen molar-refractivity contribution >= 4 is 11.6 Å². The van der Waals surface area contributed by atoms with Gasteiger partial charge in [-0.2, -0.15) is 0 Å². The third-order valence-corrected chi connectivity index (χ3v) is 2.72. The molecule has 0 radical (unpaired) electrons. The van der Waals surface area contributed by atoms with E-state index in [1.165, 1.54) is 12.8 Å². The summed E-state index contributed by atoms with van der Waals surface area (Å²) < 4.78 is 0. The summed E-state index contributed by atoms with van der Waals surface area (Å²) in [6.07, 6.45) is 3.53. The maximum absolute atomic E-state index is 5.74. The molecule has 1 aliphatic carbocycles. The Morgan fingerprint density at radius 1 is 1.47 bits per heavy atom. The van der Waals surface area contributed by atoms with Crippen LogP contribution in [0.15, 0.2) is 6.07 Å². The van der Waals surface area contributed by atoms with Gasteiger partial charge in [0.2, 0.25) is 0 Å². The molecule has 0 spiro atoms. The molecule has 0 atom stereocenters. The van der Waals surface area contributed by atoms with E-state index < -0.39 is 0 Å². The van der Waals surface area contributed by atoms with E-state index in [9.17, 15) is 0 Å². The third-order valence-electron chi connectivity index (χ3n) is 2.72. The first kappa shape index (κ1) is 10.2. The van der Waals surface area contributed by atoms with E-state index in [-0.39, 0.29) is 0 Å². The Bertz CT molecular complexity index is 346. The van der Waals surface area contributed by atoms with E-state index in [1.807, 2.05) is 13.0 Å². The highest BCUT2D eigenvalue weighted by Gasteiger charge is 2.23. The van der Waals surface area contributed by atoms with E-state index in [2.05, 4.69) is 21.9 Å². The number of anilines is 2. The van der Waals surface area contributed by atoms with Crippen molar-refractivity contribution < 1.29 is 0 Å². The van der Waals surface area contributed by atoms with Gasteiger partial charge in [0.1, 0.15) is 17.5 Å². The van der Waals surface area contributed by atoms with Gasteiger partial charge < -0.3 is 10.6 Å². The average molecular weight is 206 g/mol. The fourth-order valence-electron chi connectivity index (χ4n) is 1.64. The van der Waals surface area contributed by atoms with Crippen molar-refractivity contribution in [1.29, 1.82) is 0 Å². The lowest BCUT2D eigenvalue weighted by atomic mass is 10.3. The van der Waals surface area contributed by atoms with Gasteiger partial charge in [0, 0.05) is 26.1 Å². The number of aryl methyl sites for hydroxylation is 1. The summed E-state index contributed by atoms with van der Waals surface area (Å²) in [5.41, 5.74) is 5.74. The lowest BCUT2D eigenvalue weighted by Crippen LogP contribution is -2.22. The lowest BCUT2D eigenvalue weighted by Gasteiger charge is -2.18. The molecule has 1 aliphatic rings. The summed E-state index contributed by atoms with van der Waals surface area (Å²) in [5, 5.41) is 0. The molecule has 0 saturated heterocycles. The molecule has 0 bridgehead atoms. The van der Waals surface area contributed by atoms with Crippen LogP contribution in [0.1, 0.15) is 25.6 Å².